The number of rotatable bonds is 5. The highest BCUT2D eigenvalue weighted by molar-refractivity contribution is 7.99. The summed E-state index contributed by atoms with van der Waals surface area (Å²) in [6.07, 6.45) is 0.487. The van der Waals surface area contributed by atoms with Gasteiger partial charge in [0.1, 0.15) is 0 Å². The van der Waals surface area contributed by atoms with E-state index < -0.39 is 7.12 Å². The number of thioether (sulfide) groups is 1. The summed E-state index contributed by atoms with van der Waals surface area (Å²) in [5, 5.41) is 18.1. The molecule has 0 radical (unpaired) electrons. The molecule has 0 atom stereocenters. The minimum Gasteiger partial charge on any atom is -0.423 e. The maximum Gasteiger partial charge on any atom is 0.489 e. The molecular formula is C9H12BFO2S. The number of hydrogen-bond donors (Lipinski definition) is 2. The van der Waals surface area contributed by atoms with E-state index in [9.17, 15) is 4.39 Å². The Balaban J connectivity index is 2.64. The van der Waals surface area contributed by atoms with Crippen molar-refractivity contribution in [3.8, 4) is 0 Å². The molecule has 1 aromatic rings. The lowest BCUT2D eigenvalue weighted by Gasteiger charge is -2.06. The van der Waals surface area contributed by atoms with Crippen LogP contribution in [0.3, 0.4) is 0 Å². The Labute approximate surface area is 87.3 Å². The van der Waals surface area contributed by atoms with Crippen LogP contribution in [-0.2, 0) is 0 Å². The van der Waals surface area contributed by atoms with Crippen molar-refractivity contribution in [1.29, 1.82) is 0 Å². The molecule has 1 aromatic carbocycles. The van der Waals surface area contributed by atoms with Gasteiger partial charge in [-0.1, -0.05) is 18.2 Å². The maximum atomic E-state index is 11.8. The number of hydrogen-bond acceptors (Lipinski definition) is 3. The van der Waals surface area contributed by atoms with E-state index in [0.29, 0.717) is 17.6 Å². The second-order valence-corrected chi connectivity index (χ2v) is 3.94. The van der Waals surface area contributed by atoms with Crippen molar-refractivity contribution in [2.24, 2.45) is 0 Å². The molecule has 0 aliphatic carbocycles. The molecule has 1 rings (SSSR count). The molecule has 0 spiro atoms. The van der Waals surface area contributed by atoms with Crippen molar-refractivity contribution in [3.63, 3.8) is 0 Å². The van der Waals surface area contributed by atoms with Gasteiger partial charge in [-0.2, -0.15) is 0 Å². The van der Waals surface area contributed by atoms with Crippen LogP contribution in [0.5, 0.6) is 0 Å². The summed E-state index contributed by atoms with van der Waals surface area (Å²) in [7, 11) is -1.45. The molecule has 0 unspecified atom stereocenters. The van der Waals surface area contributed by atoms with Gasteiger partial charge in [-0.3, -0.25) is 4.39 Å². The zero-order valence-corrected chi connectivity index (χ0v) is 8.51. The Morgan fingerprint density at radius 2 is 2.00 bits per heavy atom. The zero-order valence-electron chi connectivity index (χ0n) is 7.69. The molecule has 0 aliphatic rings. The Kier molecular flexibility index (Phi) is 5.00. The molecule has 0 saturated heterocycles. The first kappa shape index (κ1) is 11.6. The van der Waals surface area contributed by atoms with Gasteiger partial charge < -0.3 is 10.0 Å². The summed E-state index contributed by atoms with van der Waals surface area (Å²) in [5.41, 5.74) is 0.483. The zero-order chi connectivity index (χ0) is 10.4. The smallest absolute Gasteiger partial charge is 0.423 e. The largest absolute Gasteiger partial charge is 0.489 e. The topological polar surface area (TPSA) is 40.5 Å². The van der Waals surface area contributed by atoms with E-state index in [4.69, 9.17) is 10.0 Å². The summed E-state index contributed by atoms with van der Waals surface area (Å²) in [6.45, 7) is -0.336. The summed E-state index contributed by atoms with van der Waals surface area (Å²) in [5.74, 6) is 0.653. The highest BCUT2D eigenvalue weighted by atomic mass is 32.2. The van der Waals surface area contributed by atoms with Crippen LogP contribution in [0.1, 0.15) is 6.42 Å². The minimum absolute atomic E-state index is 0.336. The number of halogens is 1. The minimum atomic E-state index is -1.45. The third-order valence-corrected chi connectivity index (χ3v) is 2.91. The molecule has 0 fully saturated rings. The summed E-state index contributed by atoms with van der Waals surface area (Å²) in [6, 6.07) is 7.03. The van der Waals surface area contributed by atoms with Crippen LogP contribution < -0.4 is 5.46 Å². The molecule has 0 aromatic heterocycles. The van der Waals surface area contributed by atoms with Gasteiger partial charge in [0, 0.05) is 10.6 Å². The molecule has 14 heavy (non-hydrogen) atoms. The lowest BCUT2D eigenvalue weighted by atomic mass is 9.80. The fourth-order valence-corrected chi connectivity index (χ4v) is 2.05. The van der Waals surface area contributed by atoms with Gasteiger partial charge in [0.2, 0.25) is 0 Å². The molecule has 5 heteroatoms. The van der Waals surface area contributed by atoms with Crippen molar-refractivity contribution in [2.45, 2.75) is 11.3 Å². The van der Waals surface area contributed by atoms with Crippen LogP contribution in [0, 0.1) is 0 Å². The van der Waals surface area contributed by atoms with Gasteiger partial charge in [0.05, 0.1) is 6.67 Å². The second-order valence-electron chi connectivity index (χ2n) is 2.80. The van der Waals surface area contributed by atoms with E-state index >= 15 is 0 Å². The van der Waals surface area contributed by atoms with E-state index in [-0.39, 0.29) is 6.67 Å². The van der Waals surface area contributed by atoms with Crippen molar-refractivity contribution in [2.75, 3.05) is 12.4 Å². The lowest BCUT2D eigenvalue weighted by molar-refractivity contribution is 0.425. The Bertz CT molecular complexity index is 283. The molecule has 0 amide bonds. The van der Waals surface area contributed by atoms with Crippen molar-refractivity contribution in [3.05, 3.63) is 24.3 Å². The number of benzene rings is 1. The standard InChI is InChI=1S/C9H12BFO2S/c11-6-3-7-14-9-5-2-1-4-8(9)10(12)13/h1-2,4-5,12-13H,3,6-7H2. The van der Waals surface area contributed by atoms with Gasteiger partial charge >= 0.3 is 7.12 Å². The quantitative estimate of drug-likeness (QED) is 0.433. The third kappa shape index (κ3) is 3.33. The van der Waals surface area contributed by atoms with Gasteiger partial charge in [-0.15, -0.1) is 11.8 Å². The molecule has 0 saturated carbocycles. The maximum absolute atomic E-state index is 11.8. The van der Waals surface area contributed by atoms with E-state index in [1.165, 1.54) is 11.8 Å². The fourth-order valence-electron chi connectivity index (χ4n) is 1.06. The lowest BCUT2D eigenvalue weighted by Crippen LogP contribution is -2.31. The predicted molar refractivity (Wildman–Crippen MR) is 57.6 cm³/mol. The van der Waals surface area contributed by atoms with Crippen LogP contribution in [0.2, 0.25) is 0 Å². The summed E-state index contributed by atoms with van der Waals surface area (Å²) in [4.78, 5) is 0.802. The van der Waals surface area contributed by atoms with E-state index in [1.54, 1.807) is 18.2 Å². The van der Waals surface area contributed by atoms with Crippen LogP contribution in [0.25, 0.3) is 0 Å². The first-order valence-electron chi connectivity index (χ1n) is 4.39. The van der Waals surface area contributed by atoms with E-state index in [2.05, 4.69) is 0 Å². The van der Waals surface area contributed by atoms with Gasteiger partial charge in [0.15, 0.2) is 0 Å². The van der Waals surface area contributed by atoms with Crippen LogP contribution in [-0.4, -0.2) is 29.6 Å². The highest BCUT2D eigenvalue weighted by Gasteiger charge is 2.14. The molecule has 2 N–H and O–H groups in total. The van der Waals surface area contributed by atoms with Crippen molar-refractivity contribution >= 4 is 24.3 Å². The predicted octanol–water partition coefficient (Wildman–Crippen LogP) is 0.818. The van der Waals surface area contributed by atoms with E-state index in [0.717, 1.165) is 4.90 Å². The van der Waals surface area contributed by atoms with Crippen LogP contribution in [0.15, 0.2) is 29.2 Å². The highest BCUT2D eigenvalue weighted by Crippen LogP contribution is 2.16. The molecule has 0 heterocycles. The first-order valence-corrected chi connectivity index (χ1v) is 5.38. The Hall–Kier alpha value is -0.515. The van der Waals surface area contributed by atoms with Gasteiger partial charge in [-0.05, 0) is 17.9 Å². The van der Waals surface area contributed by atoms with Crippen LogP contribution >= 0.6 is 11.8 Å². The van der Waals surface area contributed by atoms with E-state index in [1.807, 2.05) is 6.07 Å². The fraction of sp³-hybridized carbons (Fsp3) is 0.333. The number of alkyl halides is 1. The first-order chi connectivity index (χ1) is 6.75. The molecule has 2 nitrogen and oxygen atoms in total. The van der Waals surface area contributed by atoms with Crippen LogP contribution in [0.4, 0.5) is 4.39 Å². The summed E-state index contributed by atoms with van der Waals surface area (Å²) < 4.78 is 11.8. The Morgan fingerprint density at radius 3 is 2.64 bits per heavy atom. The second kappa shape index (κ2) is 6.06. The normalized spacial score (nSPS) is 10.2. The van der Waals surface area contributed by atoms with Crippen molar-refractivity contribution < 1.29 is 14.4 Å². The molecule has 0 aliphatic heterocycles. The average Bonchev–Trinajstić information content (AvgIpc) is 2.19. The third-order valence-electron chi connectivity index (χ3n) is 1.73. The van der Waals surface area contributed by atoms with Crippen molar-refractivity contribution in [1.82, 2.24) is 0 Å². The van der Waals surface area contributed by atoms with Gasteiger partial charge in [0.25, 0.3) is 0 Å². The summed E-state index contributed by atoms with van der Waals surface area (Å²) >= 11 is 1.44. The molecular weight excluding hydrogens is 202 g/mol. The molecule has 0 bridgehead atoms. The monoisotopic (exact) mass is 214 g/mol. The average molecular weight is 214 g/mol. The van der Waals surface area contributed by atoms with Gasteiger partial charge in [-0.25, -0.2) is 0 Å². The molecule has 76 valence electrons. The Morgan fingerprint density at radius 1 is 1.29 bits per heavy atom. The SMILES string of the molecule is OB(O)c1ccccc1SCCCF.